The van der Waals surface area contributed by atoms with Crippen LogP contribution in [-0.2, 0) is 0 Å². The van der Waals surface area contributed by atoms with E-state index in [2.05, 4.69) is 42.9 Å². The molecule has 1 N–H and O–H groups in total. The van der Waals surface area contributed by atoms with E-state index in [4.69, 9.17) is 0 Å². The summed E-state index contributed by atoms with van der Waals surface area (Å²) >= 11 is 0. The van der Waals surface area contributed by atoms with Crippen LogP contribution in [-0.4, -0.2) is 62.2 Å². The first kappa shape index (κ1) is 15.3. The van der Waals surface area contributed by atoms with Crippen molar-refractivity contribution in [3.63, 3.8) is 0 Å². The van der Waals surface area contributed by atoms with Crippen LogP contribution in [0.25, 0.3) is 0 Å². The Morgan fingerprint density at radius 2 is 1.89 bits per heavy atom. The van der Waals surface area contributed by atoms with Gasteiger partial charge in [0.05, 0.1) is 0 Å². The van der Waals surface area contributed by atoms with Crippen LogP contribution >= 0.6 is 0 Å². The lowest BCUT2D eigenvalue weighted by Gasteiger charge is -2.40. The first-order chi connectivity index (χ1) is 8.97. The van der Waals surface area contributed by atoms with E-state index in [1.807, 2.05) is 0 Å². The van der Waals surface area contributed by atoms with Gasteiger partial charge in [0.1, 0.15) is 0 Å². The van der Waals surface area contributed by atoms with Crippen molar-refractivity contribution in [2.45, 2.75) is 46.1 Å². The van der Waals surface area contributed by atoms with Crippen molar-refractivity contribution in [2.24, 2.45) is 11.3 Å². The standard InChI is InChI=1S/C16H33N3/c1-14(2)17-11-15-5-8-19(12-15)13-16(3)6-9-18(4)10-7-16/h14-15,17H,5-13H2,1-4H3. The van der Waals surface area contributed by atoms with Crippen LogP contribution in [0.1, 0.15) is 40.0 Å². The maximum Gasteiger partial charge on any atom is 0.00364 e. The molecule has 3 heteroatoms. The Balaban J connectivity index is 1.72. The molecule has 1 unspecified atom stereocenters. The van der Waals surface area contributed by atoms with Gasteiger partial charge in [0, 0.05) is 19.1 Å². The monoisotopic (exact) mass is 267 g/mol. The lowest BCUT2D eigenvalue weighted by atomic mass is 9.80. The quantitative estimate of drug-likeness (QED) is 0.822. The van der Waals surface area contributed by atoms with Crippen LogP contribution < -0.4 is 5.32 Å². The largest absolute Gasteiger partial charge is 0.314 e. The van der Waals surface area contributed by atoms with Crippen molar-refractivity contribution < 1.29 is 0 Å². The molecule has 0 aromatic rings. The van der Waals surface area contributed by atoms with E-state index < -0.39 is 0 Å². The third-order valence-corrected chi connectivity index (χ3v) is 4.98. The minimum absolute atomic E-state index is 0.562. The molecule has 2 rings (SSSR count). The molecule has 2 saturated heterocycles. The maximum absolute atomic E-state index is 3.59. The molecular weight excluding hydrogens is 234 g/mol. The third kappa shape index (κ3) is 4.73. The fraction of sp³-hybridized carbons (Fsp3) is 1.00. The van der Waals surface area contributed by atoms with Gasteiger partial charge in [0.25, 0.3) is 0 Å². The molecule has 2 heterocycles. The first-order valence-corrected chi connectivity index (χ1v) is 8.11. The van der Waals surface area contributed by atoms with E-state index in [1.165, 1.54) is 58.5 Å². The van der Waals surface area contributed by atoms with Gasteiger partial charge in [-0.05, 0) is 63.8 Å². The average molecular weight is 267 g/mol. The molecule has 19 heavy (non-hydrogen) atoms. The topological polar surface area (TPSA) is 18.5 Å². The molecule has 0 radical (unpaired) electrons. The van der Waals surface area contributed by atoms with Crippen molar-refractivity contribution >= 4 is 0 Å². The Labute approximate surface area is 119 Å². The molecule has 1 atom stereocenters. The summed E-state index contributed by atoms with van der Waals surface area (Å²) in [5, 5.41) is 3.59. The van der Waals surface area contributed by atoms with Gasteiger partial charge >= 0.3 is 0 Å². The Kier molecular flexibility index (Phi) is 5.27. The van der Waals surface area contributed by atoms with Crippen LogP contribution in [0.3, 0.4) is 0 Å². The van der Waals surface area contributed by atoms with Crippen molar-refractivity contribution in [1.82, 2.24) is 15.1 Å². The molecular formula is C16H33N3. The third-order valence-electron chi connectivity index (χ3n) is 4.98. The molecule has 2 aliphatic rings. The highest BCUT2D eigenvalue weighted by Crippen LogP contribution is 2.32. The zero-order valence-electron chi connectivity index (χ0n) is 13.4. The highest BCUT2D eigenvalue weighted by atomic mass is 15.2. The van der Waals surface area contributed by atoms with Gasteiger partial charge in [0.2, 0.25) is 0 Å². The first-order valence-electron chi connectivity index (χ1n) is 8.11. The average Bonchev–Trinajstić information content (AvgIpc) is 2.78. The van der Waals surface area contributed by atoms with E-state index in [0.717, 1.165) is 5.92 Å². The van der Waals surface area contributed by atoms with E-state index in [0.29, 0.717) is 11.5 Å². The zero-order valence-corrected chi connectivity index (χ0v) is 13.4. The van der Waals surface area contributed by atoms with Gasteiger partial charge < -0.3 is 15.1 Å². The Hall–Kier alpha value is -0.120. The highest BCUT2D eigenvalue weighted by molar-refractivity contribution is 4.87. The number of likely N-dealkylation sites (tertiary alicyclic amines) is 2. The molecule has 0 aliphatic carbocycles. The minimum atomic E-state index is 0.562. The van der Waals surface area contributed by atoms with Gasteiger partial charge in [-0.15, -0.1) is 0 Å². The number of rotatable bonds is 5. The van der Waals surface area contributed by atoms with E-state index in [-0.39, 0.29) is 0 Å². The fourth-order valence-electron chi connectivity index (χ4n) is 3.48. The Morgan fingerprint density at radius 3 is 2.53 bits per heavy atom. The summed E-state index contributed by atoms with van der Waals surface area (Å²) < 4.78 is 0. The molecule has 0 saturated carbocycles. The second kappa shape index (κ2) is 6.55. The zero-order chi connectivity index (χ0) is 13.9. The lowest BCUT2D eigenvalue weighted by molar-refractivity contribution is 0.0953. The van der Waals surface area contributed by atoms with Crippen molar-refractivity contribution in [3.05, 3.63) is 0 Å². The second-order valence-corrected chi connectivity index (χ2v) is 7.57. The SMILES string of the molecule is CC(C)NCC1CCN(CC2(C)CCN(C)CC2)C1. The summed E-state index contributed by atoms with van der Waals surface area (Å²) in [6.45, 7) is 14.7. The van der Waals surface area contributed by atoms with Crippen molar-refractivity contribution in [1.29, 1.82) is 0 Å². The summed E-state index contributed by atoms with van der Waals surface area (Å²) in [7, 11) is 2.25. The summed E-state index contributed by atoms with van der Waals surface area (Å²) in [5.41, 5.74) is 0.562. The molecule has 0 amide bonds. The van der Waals surface area contributed by atoms with E-state index >= 15 is 0 Å². The highest BCUT2D eigenvalue weighted by Gasteiger charge is 2.33. The molecule has 2 aliphatic heterocycles. The second-order valence-electron chi connectivity index (χ2n) is 7.57. The molecule has 0 bridgehead atoms. The van der Waals surface area contributed by atoms with Gasteiger partial charge in [-0.1, -0.05) is 20.8 Å². The van der Waals surface area contributed by atoms with Crippen molar-refractivity contribution in [3.8, 4) is 0 Å². The van der Waals surface area contributed by atoms with Crippen LogP contribution in [0, 0.1) is 11.3 Å². The number of hydrogen-bond acceptors (Lipinski definition) is 3. The summed E-state index contributed by atoms with van der Waals surface area (Å²) in [6, 6.07) is 0.625. The molecule has 0 aromatic heterocycles. The number of nitrogens with zero attached hydrogens (tertiary/aromatic N) is 2. The van der Waals surface area contributed by atoms with Crippen molar-refractivity contribution in [2.75, 3.05) is 46.3 Å². The maximum atomic E-state index is 3.59. The van der Waals surface area contributed by atoms with Crippen LogP contribution in [0.2, 0.25) is 0 Å². The van der Waals surface area contributed by atoms with Gasteiger partial charge in [0.15, 0.2) is 0 Å². The Bertz CT molecular complexity index is 269. The minimum Gasteiger partial charge on any atom is -0.314 e. The molecule has 0 spiro atoms. The van der Waals surface area contributed by atoms with Gasteiger partial charge in [-0.25, -0.2) is 0 Å². The molecule has 3 nitrogen and oxygen atoms in total. The molecule has 112 valence electrons. The molecule has 2 fully saturated rings. The predicted molar refractivity (Wildman–Crippen MR) is 82.5 cm³/mol. The molecule has 0 aromatic carbocycles. The normalized spacial score (nSPS) is 29.2. The summed E-state index contributed by atoms with van der Waals surface area (Å²) in [4.78, 5) is 5.19. The predicted octanol–water partition coefficient (Wildman–Crippen LogP) is 2.04. The number of hydrogen-bond donors (Lipinski definition) is 1. The van der Waals surface area contributed by atoms with Gasteiger partial charge in [-0.3, -0.25) is 0 Å². The number of nitrogens with one attached hydrogen (secondary N) is 1. The fourth-order valence-corrected chi connectivity index (χ4v) is 3.48. The number of piperidine rings is 1. The van der Waals surface area contributed by atoms with Crippen LogP contribution in [0.4, 0.5) is 0 Å². The van der Waals surface area contributed by atoms with Crippen LogP contribution in [0.15, 0.2) is 0 Å². The van der Waals surface area contributed by atoms with Crippen LogP contribution in [0.5, 0.6) is 0 Å². The van der Waals surface area contributed by atoms with Gasteiger partial charge in [-0.2, -0.15) is 0 Å². The lowest BCUT2D eigenvalue weighted by Crippen LogP contribution is -2.43. The van der Waals surface area contributed by atoms with E-state index in [9.17, 15) is 0 Å². The Morgan fingerprint density at radius 1 is 1.21 bits per heavy atom. The van der Waals surface area contributed by atoms with E-state index in [1.54, 1.807) is 0 Å². The smallest absolute Gasteiger partial charge is 0.00364 e. The summed E-state index contributed by atoms with van der Waals surface area (Å²) in [5.74, 6) is 0.872. The summed E-state index contributed by atoms with van der Waals surface area (Å²) in [6.07, 6.45) is 4.12.